The molecule has 3 amide bonds. The highest BCUT2D eigenvalue weighted by Gasteiger charge is 2.35. The van der Waals surface area contributed by atoms with E-state index in [4.69, 9.17) is 0 Å². The molecule has 3 rings (SSSR count). The summed E-state index contributed by atoms with van der Waals surface area (Å²) in [7, 11) is 0. The average molecular weight is 373 g/mol. The lowest BCUT2D eigenvalue weighted by Crippen LogP contribution is -2.54. The van der Waals surface area contributed by atoms with Gasteiger partial charge in [0.25, 0.3) is 5.91 Å². The molecule has 0 atom stereocenters. The zero-order valence-corrected chi connectivity index (χ0v) is 15.2. The van der Waals surface area contributed by atoms with Gasteiger partial charge in [0.05, 0.1) is 0 Å². The van der Waals surface area contributed by atoms with Crippen LogP contribution in [0.25, 0.3) is 0 Å². The van der Waals surface area contributed by atoms with Gasteiger partial charge in [0.1, 0.15) is 5.82 Å². The summed E-state index contributed by atoms with van der Waals surface area (Å²) in [4.78, 5) is 40.0. The molecule has 27 heavy (non-hydrogen) atoms. The molecule has 1 aliphatic heterocycles. The maximum absolute atomic E-state index is 13.0. The van der Waals surface area contributed by atoms with Gasteiger partial charge in [-0.05, 0) is 37.1 Å². The molecule has 1 saturated heterocycles. The largest absolute Gasteiger partial charge is 0.347 e. The Kier molecular flexibility index (Phi) is 5.58. The number of hydrogen-bond donors (Lipinski definition) is 1. The maximum atomic E-state index is 13.0. The van der Waals surface area contributed by atoms with E-state index < -0.39 is 17.6 Å². The lowest BCUT2D eigenvalue weighted by atomic mass is 9.69. The fraction of sp³-hybridized carbons (Fsp3) is 0.450. The molecule has 144 valence electrons. The number of amides is 3. The van der Waals surface area contributed by atoms with Gasteiger partial charge in [-0.15, -0.1) is 6.58 Å². The lowest BCUT2D eigenvalue weighted by molar-refractivity contribution is -0.147. The summed E-state index contributed by atoms with van der Waals surface area (Å²) in [6.07, 6.45) is 4.94. The number of rotatable bonds is 4. The first-order valence-electron chi connectivity index (χ1n) is 9.20. The Hall–Kier alpha value is -2.70. The minimum atomic E-state index is -0.610. The predicted molar refractivity (Wildman–Crippen MR) is 98.4 cm³/mol. The predicted octanol–water partition coefficient (Wildman–Crippen LogP) is 1.58. The highest BCUT2D eigenvalue weighted by molar-refractivity contribution is 6.35. The Balaban J connectivity index is 1.48. The van der Waals surface area contributed by atoms with Crippen molar-refractivity contribution in [1.29, 1.82) is 0 Å². The van der Waals surface area contributed by atoms with Crippen LogP contribution in [0.2, 0.25) is 0 Å². The Morgan fingerprint density at radius 3 is 2.19 bits per heavy atom. The van der Waals surface area contributed by atoms with Crippen molar-refractivity contribution in [3.63, 3.8) is 0 Å². The second kappa shape index (κ2) is 7.90. The van der Waals surface area contributed by atoms with E-state index in [1.54, 1.807) is 4.90 Å². The third kappa shape index (κ3) is 4.18. The standard InChI is InChI=1S/C20H24FN3O3/c1-2-20(8-3-9-20)14-22-17(25)19(27)24-12-10-23(11-13-24)18(26)15-4-6-16(21)7-5-15/h2,4-7H,1,3,8-14H2,(H,22,25). The van der Waals surface area contributed by atoms with Crippen LogP contribution >= 0.6 is 0 Å². The van der Waals surface area contributed by atoms with Crippen LogP contribution in [0.1, 0.15) is 29.6 Å². The first-order valence-corrected chi connectivity index (χ1v) is 9.20. The Morgan fingerprint density at radius 2 is 1.67 bits per heavy atom. The van der Waals surface area contributed by atoms with Gasteiger partial charge >= 0.3 is 11.8 Å². The zero-order valence-electron chi connectivity index (χ0n) is 15.2. The molecule has 1 aromatic rings. The molecular formula is C20H24FN3O3. The summed E-state index contributed by atoms with van der Waals surface area (Å²) >= 11 is 0. The van der Waals surface area contributed by atoms with Gasteiger partial charge in [0.2, 0.25) is 0 Å². The van der Waals surface area contributed by atoms with Crippen LogP contribution in [0.4, 0.5) is 4.39 Å². The average Bonchev–Trinajstić information content (AvgIpc) is 2.67. The van der Waals surface area contributed by atoms with E-state index in [1.807, 2.05) is 6.08 Å². The highest BCUT2D eigenvalue weighted by atomic mass is 19.1. The molecule has 7 heteroatoms. The van der Waals surface area contributed by atoms with E-state index in [0.717, 1.165) is 19.3 Å². The molecule has 0 aromatic heterocycles. The summed E-state index contributed by atoms with van der Waals surface area (Å²) in [5, 5.41) is 2.72. The SMILES string of the molecule is C=CC1(CNC(=O)C(=O)N2CCN(C(=O)c3ccc(F)cc3)CC2)CCC1. The summed E-state index contributed by atoms with van der Waals surface area (Å²) in [6.45, 7) is 5.52. The highest BCUT2D eigenvalue weighted by Crippen LogP contribution is 2.41. The van der Waals surface area contributed by atoms with Crippen molar-refractivity contribution in [2.45, 2.75) is 19.3 Å². The van der Waals surface area contributed by atoms with E-state index in [2.05, 4.69) is 11.9 Å². The van der Waals surface area contributed by atoms with E-state index in [-0.39, 0.29) is 11.3 Å². The number of nitrogens with zero attached hydrogens (tertiary/aromatic N) is 2. The minimum absolute atomic E-state index is 0.0732. The molecule has 1 aromatic carbocycles. The van der Waals surface area contributed by atoms with Crippen LogP contribution in [0.5, 0.6) is 0 Å². The molecule has 2 fully saturated rings. The van der Waals surface area contributed by atoms with Crippen LogP contribution in [0, 0.1) is 11.2 Å². The van der Waals surface area contributed by atoms with Crippen molar-refractivity contribution in [1.82, 2.24) is 15.1 Å². The van der Waals surface area contributed by atoms with Gasteiger partial charge < -0.3 is 15.1 Å². The second-order valence-electron chi connectivity index (χ2n) is 7.19. The molecule has 1 saturated carbocycles. The third-order valence-electron chi connectivity index (χ3n) is 5.52. The normalized spacial score (nSPS) is 18.4. The summed E-state index contributed by atoms with van der Waals surface area (Å²) in [5.41, 5.74) is 0.333. The first kappa shape index (κ1) is 19.1. The van der Waals surface area contributed by atoms with E-state index >= 15 is 0 Å². The summed E-state index contributed by atoms with van der Waals surface area (Å²) in [6, 6.07) is 5.38. The lowest BCUT2D eigenvalue weighted by Gasteiger charge is -2.39. The van der Waals surface area contributed by atoms with Gasteiger partial charge in [-0.1, -0.05) is 12.5 Å². The Labute approximate surface area is 158 Å². The molecule has 0 radical (unpaired) electrons. The van der Waals surface area contributed by atoms with Crippen molar-refractivity contribution in [2.75, 3.05) is 32.7 Å². The number of halogens is 1. The molecule has 1 aliphatic carbocycles. The zero-order chi connectivity index (χ0) is 19.4. The molecule has 2 aliphatic rings. The van der Waals surface area contributed by atoms with Gasteiger partial charge in [-0.2, -0.15) is 0 Å². The quantitative estimate of drug-likeness (QED) is 0.644. The van der Waals surface area contributed by atoms with E-state index in [0.29, 0.717) is 38.3 Å². The molecule has 1 N–H and O–H groups in total. The minimum Gasteiger partial charge on any atom is -0.347 e. The Bertz CT molecular complexity index is 735. The first-order chi connectivity index (χ1) is 12.9. The molecule has 0 spiro atoms. The van der Waals surface area contributed by atoms with Crippen molar-refractivity contribution in [2.24, 2.45) is 5.41 Å². The van der Waals surface area contributed by atoms with Crippen LogP contribution in [0.3, 0.4) is 0 Å². The van der Waals surface area contributed by atoms with Crippen LogP contribution in [0.15, 0.2) is 36.9 Å². The van der Waals surface area contributed by atoms with Crippen molar-refractivity contribution in [3.05, 3.63) is 48.3 Å². The fourth-order valence-electron chi connectivity index (χ4n) is 3.45. The number of hydrogen-bond acceptors (Lipinski definition) is 3. The topological polar surface area (TPSA) is 69.7 Å². The summed E-state index contributed by atoms with van der Waals surface area (Å²) < 4.78 is 13.0. The van der Waals surface area contributed by atoms with Gasteiger partial charge in [0, 0.05) is 43.7 Å². The van der Waals surface area contributed by atoms with Crippen molar-refractivity contribution in [3.8, 4) is 0 Å². The third-order valence-corrected chi connectivity index (χ3v) is 5.52. The molecular weight excluding hydrogens is 349 g/mol. The van der Waals surface area contributed by atoms with E-state index in [1.165, 1.54) is 29.2 Å². The van der Waals surface area contributed by atoms with E-state index in [9.17, 15) is 18.8 Å². The van der Waals surface area contributed by atoms with Crippen molar-refractivity contribution >= 4 is 17.7 Å². The molecule has 6 nitrogen and oxygen atoms in total. The van der Waals surface area contributed by atoms with Crippen LogP contribution in [-0.2, 0) is 9.59 Å². The van der Waals surface area contributed by atoms with Crippen LogP contribution in [-0.4, -0.2) is 60.2 Å². The number of carbonyl (C=O) groups excluding carboxylic acids is 3. The monoisotopic (exact) mass is 373 g/mol. The summed E-state index contributed by atoms with van der Waals surface area (Å²) in [5.74, 6) is -1.78. The maximum Gasteiger partial charge on any atom is 0.312 e. The van der Waals surface area contributed by atoms with Gasteiger partial charge in [0.15, 0.2) is 0 Å². The van der Waals surface area contributed by atoms with Gasteiger partial charge in [-0.3, -0.25) is 14.4 Å². The Morgan fingerprint density at radius 1 is 1.07 bits per heavy atom. The fourth-order valence-corrected chi connectivity index (χ4v) is 3.45. The number of carbonyl (C=O) groups is 3. The van der Waals surface area contributed by atoms with Crippen molar-refractivity contribution < 1.29 is 18.8 Å². The number of benzene rings is 1. The second-order valence-corrected chi connectivity index (χ2v) is 7.19. The molecule has 0 bridgehead atoms. The smallest absolute Gasteiger partial charge is 0.312 e. The number of nitrogens with one attached hydrogen (secondary N) is 1. The van der Waals surface area contributed by atoms with Gasteiger partial charge in [-0.25, -0.2) is 4.39 Å². The number of piperazine rings is 1. The molecule has 1 heterocycles. The molecule has 0 unspecified atom stereocenters. The van der Waals surface area contributed by atoms with Crippen LogP contribution < -0.4 is 5.32 Å².